The number of nitrogens with zero attached hydrogens (tertiary/aromatic N) is 1. The zero-order valence-corrected chi connectivity index (χ0v) is 13.6. The number of aliphatic hydroxyl groups excluding tert-OH is 1. The number of anilines is 1. The molecule has 116 valence electrons. The van der Waals surface area contributed by atoms with Gasteiger partial charge in [-0.25, -0.2) is 4.98 Å². The highest BCUT2D eigenvalue weighted by atomic mass is 35.5. The van der Waals surface area contributed by atoms with Gasteiger partial charge in [-0.15, -0.1) is 0 Å². The van der Waals surface area contributed by atoms with E-state index in [-0.39, 0.29) is 5.91 Å². The molecule has 1 unspecified atom stereocenters. The maximum absolute atomic E-state index is 12.1. The van der Waals surface area contributed by atoms with Crippen molar-refractivity contribution in [2.24, 2.45) is 5.41 Å². The van der Waals surface area contributed by atoms with Gasteiger partial charge in [0.05, 0.1) is 0 Å². The lowest BCUT2D eigenvalue weighted by Gasteiger charge is -2.20. The van der Waals surface area contributed by atoms with Crippen molar-refractivity contribution in [3.8, 4) is 0 Å². The van der Waals surface area contributed by atoms with E-state index in [0.717, 1.165) is 0 Å². The van der Waals surface area contributed by atoms with E-state index < -0.39 is 11.5 Å². The third-order valence-electron chi connectivity index (χ3n) is 3.23. The fourth-order valence-corrected chi connectivity index (χ4v) is 1.99. The summed E-state index contributed by atoms with van der Waals surface area (Å²) in [7, 11) is 0. The Hall–Kier alpha value is -1.91. The second-order valence-electron chi connectivity index (χ2n) is 6.10. The SMILES string of the molecule is CC(C)(C)C(=O)Nc1ncccc1C(O)c1ccc(Cl)cc1. The van der Waals surface area contributed by atoms with Crippen LogP contribution in [0.5, 0.6) is 0 Å². The van der Waals surface area contributed by atoms with Gasteiger partial charge in [-0.1, -0.05) is 50.6 Å². The number of hydrogen-bond acceptors (Lipinski definition) is 3. The summed E-state index contributed by atoms with van der Waals surface area (Å²) in [5.41, 5.74) is 0.686. The number of nitrogens with one attached hydrogen (secondary N) is 1. The van der Waals surface area contributed by atoms with E-state index in [0.29, 0.717) is 22.0 Å². The number of carbonyl (C=O) groups is 1. The summed E-state index contributed by atoms with van der Waals surface area (Å²) in [5.74, 6) is 0.209. The van der Waals surface area contributed by atoms with Crippen LogP contribution in [-0.4, -0.2) is 16.0 Å². The van der Waals surface area contributed by atoms with Gasteiger partial charge in [0.2, 0.25) is 5.91 Å². The molecular weight excluding hydrogens is 300 g/mol. The number of aromatic nitrogens is 1. The van der Waals surface area contributed by atoms with E-state index in [4.69, 9.17) is 11.6 Å². The third kappa shape index (κ3) is 3.84. The number of amides is 1. The fraction of sp³-hybridized carbons (Fsp3) is 0.294. The molecule has 2 N–H and O–H groups in total. The summed E-state index contributed by atoms with van der Waals surface area (Å²) in [6, 6.07) is 10.4. The van der Waals surface area contributed by atoms with Crippen molar-refractivity contribution in [2.75, 3.05) is 5.32 Å². The summed E-state index contributed by atoms with van der Waals surface area (Å²) in [6.07, 6.45) is 0.692. The van der Waals surface area contributed by atoms with E-state index in [1.54, 1.807) is 42.6 Å². The van der Waals surface area contributed by atoms with Crippen molar-refractivity contribution in [1.29, 1.82) is 0 Å². The van der Waals surface area contributed by atoms with Crippen LogP contribution in [0.2, 0.25) is 5.02 Å². The lowest BCUT2D eigenvalue weighted by atomic mass is 9.95. The minimum atomic E-state index is -0.888. The molecule has 0 radical (unpaired) electrons. The molecule has 1 amide bonds. The molecule has 5 heteroatoms. The molecule has 2 rings (SSSR count). The molecule has 1 heterocycles. The molecular formula is C17H19ClN2O2. The number of carbonyl (C=O) groups excluding carboxylic acids is 1. The molecule has 0 saturated heterocycles. The van der Waals surface area contributed by atoms with E-state index in [1.165, 1.54) is 0 Å². The molecule has 0 bridgehead atoms. The van der Waals surface area contributed by atoms with Crippen molar-refractivity contribution in [3.63, 3.8) is 0 Å². The van der Waals surface area contributed by atoms with Crippen molar-refractivity contribution in [1.82, 2.24) is 4.98 Å². The number of aliphatic hydroxyl groups is 1. The summed E-state index contributed by atoms with van der Waals surface area (Å²) >= 11 is 5.86. The Labute approximate surface area is 135 Å². The summed E-state index contributed by atoms with van der Waals surface area (Å²) in [6.45, 7) is 5.46. The normalized spacial score (nSPS) is 12.8. The highest BCUT2D eigenvalue weighted by molar-refractivity contribution is 6.30. The maximum atomic E-state index is 12.1. The summed E-state index contributed by atoms with van der Waals surface area (Å²) < 4.78 is 0. The zero-order valence-electron chi connectivity index (χ0n) is 12.8. The minimum absolute atomic E-state index is 0.157. The lowest BCUT2D eigenvalue weighted by Crippen LogP contribution is -2.28. The molecule has 4 nitrogen and oxygen atoms in total. The average Bonchev–Trinajstić information content (AvgIpc) is 2.47. The van der Waals surface area contributed by atoms with Gasteiger partial charge < -0.3 is 10.4 Å². The van der Waals surface area contributed by atoms with Crippen LogP contribution in [0, 0.1) is 5.41 Å². The van der Waals surface area contributed by atoms with E-state index >= 15 is 0 Å². The smallest absolute Gasteiger partial charge is 0.230 e. The Morgan fingerprint density at radius 3 is 2.45 bits per heavy atom. The van der Waals surface area contributed by atoms with Gasteiger partial charge in [0.15, 0.2) is 0 Å². The van der Waals surface area contributed by atoms with Crippen LogP contribution in [0.3, 0.4) is 0 Å². The molecule has 0 fully saturated rings. The van der Waals surface area contributed by atoms with Gasteiger partial charge in [0.1, 0.15) is 11.9 Å². The summed E-state index contributed by atoms with van der Waals surface area (Å²) in [4.78, 5) is 16.3. The second-order valence-corrected chi connectivity index (χ2v) is 6.54. The first-order chi connectivity index (χ1) is 10.3. The van der Waals surface area contributed by atoms with Gasteiger partial charge in [-0.05, 0) is 23.8 Å². The molecule has 0 spiro atoms. The fourth-order valence-electron chi connectivity index (χ4n) is 1.86. The predicted molar refractivity (Wildman–Crippen MR) is 87.8 cm³/mol. The van der Waals surface area contributed by atoms with Crippen LogP contribution in [0.15, 0.2) is 42.6 Å². The predicted octanol–water partition coefficient (Wildman–Crippen LogP) is 3.80. The summed E-state index contributed by atoms with van der Waals surface area (Å²) in [5, 5.41) is 13.9. The number of rotatable bonds is 3. The highest BCUT2D eigenvalue weighted by Crippen LogP contribution is 2.28. The first-order valence-electron chi connectivity index (χ1n) is 6.99. The number of pyridine rings is 1. The van der Waals surface area contributed by atoms with Gasteiger partial charge >= 0.3 is 0 Å². The first-order valence-corrected chi connectivity index (χ1v) is 7.37. The molecule has 22 heavy (non-hydrogen) atoms. The lowest BCUT2D eigenvalue weighted by molar-refractivity contribution is -0.123. The zero-order chi connectivity index (χ0) is 16.3. The van der Waals surface area contributed by atoms with Crippen molar-refractivity contribution >= 4 is 23.3 Å². The monoisotopic (exact) mass is 318 g/mol. The average molecular weight is 319 g/mol. The highest BCUT2D eigenvalue weighted by Gasteiger charge is 2.24. The van der Waals surface area contributed by atoms with Gasteiger partial charge in [0.25, 0.3) is 0 Å². The molecule has 0 saturated carbocycles. The van der Waals surface area contributed by atoms with Gasteiger partial charge in [0, 0.05) is 22.2 Å². The van der Waals surface area contributed by atoms with Crippen LogP contribution in [0.1, 0.15) is 38.0 Å². The third-order valence-corrected chi connectivity index (χ3v) is 3.48. The Bertz CT molecular complexity index is 663. The van der Waals surface area contributed by atoms with Crippen LogP contribution in [-0.2, 0) is 4.79 Å². The Morgan fingerprint density at radius 1 is 1.23 bits per heavy atom. The first kappa shape index (κ1) is 16.5. The van der Waals surface area contributed by atoms with Crippen LogP contribution in [0.4, 0.5) is 5.82 Å². The van der Waals surface area contributed by atoms with Crippen molar-refractivity contribution in [3.05, 3.63) is 58.7 Å². The Kier molecular flexibility index (Phi) is 4.84. The van der Waals surface area contributed by atoms with Crippen molar-refractivity contribution in [2.45, 2.75) is 26.9 Å². The molecule has 0 aliphatic heterocycles. The minimum Gasteiger partial charge on any atom is -0.384 e. The van der Waals surface area contributed by atoms with Gasteiger partial charge in [-0.3, -0.25) is 4.79 Å². The Morgan fingerprint density at radius 2 is 1.86 bits per heavy atom. The maximum Gasteiger partial charge on any atom is 0.230 e. The van der Waals surface area contributed by atoms with Crippen LogP contribution < -0.4 is 5.32 Å². The second kappa shape index (κ2) is 6.46. The number of hydrogen-bond donors (Lipinski definition) is 2. The molecule has 1 atom stereocenters. The van der Waals surface area contributed by atoms with E-state index in [2.05, 4.69) is 10.3 Å². The molecule has 2 aromatic rings. The standard InChI is InChI=1S/C17H19ClN2O2/c1-17(2,3)16(22)20-15-13(5-4-10-19-15)14(21)11-6-8-12(18)9-7-11/h4-10,14,21H,1-3H3,(H,19,20,22). The van der Waals surface area contributed by atoms with Gasteiger partial charge in [-0.2, -0.15) is 0 Å². The molecule has 0 aliphatic rings. The topological polar surface area (TPSA) is 62.2 Å². The van der Waals surface area contributed by atoms with Crippen molar-refractivity contribution < 1.29 is 9.90 Å². The van der Waals surface area contributed by atoms with Crippen LogP contribution >= 0.6 is 11.6 Å². The quantitative estimate of drug-likeness (QED) is 0.904. The molecule has 1 aromatic carbocycles. The van der Waals surface area contributed by atoms with E-state index in [1.807, 2.05) is 20.8 Å². The number of benzene rings is 1. The molecule has 1 aromatic heterocycles. The van der Waals surface area contributed by atoms with Crippen LogP contribution in [0.25, 0.3) is 0 Å². The van der Waals surface area contributed by atoms with E-state index in [9.17, 15) is 9.90 Å². The molecule has 0 aliphatic carbocycles. The largest absolute Gasteiger partial charge is 0.384 e. The Balaban J connectivity index is 2.31. The number of halogens is 1.